The fourth-order valence-corrected chi connectivity index (χ4v) is 7.63. The van der Waals surface area contributed by atoms with Crippen molar-refractivity contribution in [3.8, 4) is 0 Å². The molecule has 2 aromatic carbocycles. The molecule has 2 atom stereocenters. The minimum absolute atomic E-state index is 0.0220. The van der Waals surface area contributed by atoms with Crippen LogP contribution >= 0.6 is 12.6 Å². The number of benzene rings is 2. The quantitative estimate of drug-likeness (QED) is 0.348. The maximum atomic E-state index is 13.6. The van der Waals surface area contributed by atoms with Crippen LogP contribution < -0.4 is 10.2 Å². The summed E-state index contributed by atoms with van der Waals surface area (Å²) < 4.78 is 68.5. The normalized spacial score (nSPS) is 23.2. The van der Waals surface area contributed by atoms with Gasteiger partial charge in [0.05, 0.1) is 10.9 Å². The Kier molecular flexibility index (Phi) is 7.12. The van der Waals surface area contributed by atoms with Gasteiger partial charge >= 0.3 is 12.2 Å². The lowest BCUT2D eigenvalue weighted by molar-refractivity contribution is -0.258. The van der Waals surface area contributed by atoms with Crippen molar-refractivity contribution in [3.05, 3.63) is 54.1 Å². The van der Waals surface area contributed by atoms with Crippen LogP contribution in [0.15, 0.2) is 58.3 Å². The summed E-state index contributed by atoms with van der Waals surface area (Å²) in [5.74, 6) is -0.377. The first-order valence-corrected chi connectivity index (χ1v) is 14.6. The second kappa shape index (κ2) is 9.93. The Hall–Kier alpha value is -2.81. The Bertz CT molecular complexity index is 1430. The summed E-state index contributed by atoms with van der Waals surface area (Å²) >= 11 is 4.30. The molecule has 2 heterocycles. The number of carbonyl (C=O) groups excluding carboxylic acids is 2. The zero-order valence-corrected chi connectivity index (χ0v) is 23.3. The number of sulfonamides is 1. The molecular weight excluding hydrogens is 569 g/mol. The van der Waals surface area contributed by atoms with Crippen LogP contribution in [0.25, 0.3) is 0 Å². The maximum absolute atomic E-state index is 13.6. The summed E-state index contributed by atoms with van der Waals surface area (Å²) in [4.78, 5) is 29.0. The lowest BCUT2D eigenvalue weighted by atomic mass is 9.75. The van der Waals surface area contributed by atoms with Crippen molar-refractivity contribution < 1.29 is 36.3 Å². The monoisotopic (exact) mass is 598 g/mol. The van der Waals surface area contributed by atoms with Crippen molar-refractivity contribution in [2.75, 3.05) is 31.1 Å². The molecular formula is C26H29F3N4O5S2. The number of urea groups is 1. The van der Waals surface area contributed by atoms with Gasteiger partial charge in [0.15, 0.2) is 5.60 Å². The van der Waals surface area contributed by atoms with Gasteiger partial charge in [0.2, 0.25) is 10.0 Å². The topological polar surface area (TPSA) is 110 Å². The number of nitrogens with one attached hydrogen (secondary N) is 1. The zero-order chi connectivity index (χ0) is 29.1. The van der Waals surface area contributed by atoms with E-state index in [1.807, 2.05) is 4.90 Å². The summed E-state index contributed by atoms with van der Waals surface area (Å²) in [5, 5.41) is 12.4. The highest BCUT2D eigenvalue weighted by Crippen LogP contribution is 2.42. The third kappa shape index (κ3) is 4.64. The zero-order valence-electron chi connectivity index (χ0n) is 21.6. The maximum Gasteiger partial charge on any atom is 0.421 e. The van der Waals surface area contributed by atoms with Crippen LogP contribution in [-0.2, 0) is 20.4 Å². The van der Waals surface area contributed by atoms with Gasteiger partial charge in [-0.05, 0) is 56.0 Å². The Morgan fingerprint density at radius 2 is 1.73 bits per heavy atom. The van der Waals surface area contributed by atoms with Gasteiger partial charge in [0, 0.05) is 36.8 Å². The lowest BCUT2D eigenvalue weighted by Crippen LogP contribution is -2.63. The van der Waals surface area contributed by atoms with Crippen LogP contribution in [0.5, 0.6) is 0 Å². The van der Waals surface area contributed by atoms with Gasteiger partial charge in [-0.25, -0.2) is 13.2 Å². The molecule has 1 spiro atoms. The number of hydrogen-bond acceptors (Lipinski definition) is 7. The van der Waals surface area contributed by atoms with E-state index in [1.165, 1.54) is 39.5 Å². The molecule has 40 heavy (non-hydrogen) atoms. The van der Waals surface area contributed by atoms with Gasteiger partial charge in [0.1, 0.15) is 5.54 Å². The Morgan fingerprint density at radius 3 is 2.30 bits per heavy atom. The summed E-state index contributed by atoms with van der Waals surface area (Å²) in [6.07, 6.45) is -3.13. The van der Waals surface area contributed by atoms with Gasteiger partial charge in [-0.15, -0.1) is 12.6 Å². The molecule has 9 nitrogen and oxygen atoms in total. The van der Waals surface area contributed by atoms with Crippen molar-refractivity contribution in [2.45, 2.75) is 59.3 Å². The number of piperazine rings is 1. The molecule has 3 amide bonds. The Morgan fingerprint density at radius 1 is 1.07 bits per heavy atom. The van der Waals surface area contributed by atoms with Crippen LogP contribution in [0.1, 0.15) is 31.7 Å². The van der Waals surface area contributed by atoms with E-state index in [0.717, 1.165) is 6.42 Å². The number of carbonyl (C=O) groups is 2. The molecule has 1 saturated carbocycles. The molecule has 1 aliphatic carbocycles. The number of anilines is 1. The van der Waals surface area contributed by atoms with Crippen LogP contribution in [-0.4, -0.2) is 78.6 Å². The van der Waals surface area contributed by atoms with E-state index in [4.69, 9.17) is 0 Å². The highest BCUT2D eigenvalue weighted by molar-refractivity contribution is 7.90. The first kappa shape index (κ1) is 28.7. The van der Waals surface area contributed by atoms with Crippen molar-refractivity contribution in [1.29, 1.82) is 0 Å². The van der Waals surface area contributed by atoms with Crippen molar-refractivity contribution in [3.63, 3.8) is 0 Å². The number of aliphatic hydroxyl groups is 1. The van der Waals surface area contributed by atoms with Crippen LogP contribution in [0.4, 0.5) is 23.7 Å². The number of rotatable bonds is 6. The molecule has 2 aromatic rings. The van der Waals surface area contributed by atoms with Crippen LogP contribution in [0.2, 0.25) is 0 Å². The summed E-state index contributed by atoms with van der Waals surface area (Å²) in [7, 11) is -3.97. The van der Waals surface area contributed by atoms with E-state index >= 15 is 0 Å². The smallest absolute Gasteiger partial charge is 0.376 e. The number of halogens is 3. The fraction of sp³-hybridized carbons (Fsp3) is 0.462. The summed E-state index contributed by atoms with van der Waals surface area (Å²) in [5.41, 5.74) is -3.88. The third-order valence-electron chi connectivity index (χ3n) is 8.22. The largest absolute Gasteiger partial charge is 0.421 e. The highest BCUT2D eigenvalue weighted by atomic mass is 32.2. The molecule has 0 aromatic heterocycles. The number of thiol groups is 1. The number of amides is 3. The number of hydrogen-bond donors (Lipinski definition) is 3. The molecule has 0 bridgehead atoms. The van der Waals surface area contributed by atoms with Gasteiger partial charge < -0.3 is 14.9 Å². The lowest BCUT2D eigenvalue weighted by Gasteiger charge is -2.48. The van der Waals surface area contributed by atoms with Gasteiger partial charge in [-0.1, -0.05) is 24.3 Å². The first-order chi connectivity index (χ1) is 18.7. The second-order valence-electron chi connectivity index (χ2n) is 10.5. The van der Waals surface area contributed by atoms with Crippen molar-refractivity contribution >= 4 is 40.3 Å². The molecule has 2 saturated heterocycles. The van der Waals surface area contributed by atoms with E-state index in [0.29, 0.717) is 25.5 Å². The molecule has 0 unspecified atom stereocenters. The molecule has 3 fully saturated rings. The number of nitrogens with zero attached hydrogens (tertiary/aromatic N) is 3. The molecule has 14 heteroatoms. The summed E-state index contributed by atoms with van der Waals surface area (Å²) in [6, 6.07) is 10.3. The predicted octanol–water partition coefficient (Wildman–Crippen LogP) is 3.10. The van der Waals surface area contributed by atoms with Gasteiger partial charge in [-0.2, -0.15) is 17.5 Å². The SMILES string of the molecule is C[C@](O)(c1ccc(N2CCN(S(=O)(=O)c3ccccc3S)C[C@@H]2CN2C(=O)NC(=O)C23CCC3)cc1)C(F)(F)F. The molecule has 216 valence electrons. The number of alkyl halides is 3. The van der Waals surface area contributed by atoms with Gasteiger partial charge in [-0.3, -0.25) is 10.1 Å². The average Bonchev–Trinajstić information content (AvgIpc) is 3.12. The van der Waals surface area contributed by atoms with Crippen molar-refractivity contribution in [2.24, 2.45) is 0 Å². The second-order valence-corrected chi connectivity index (χ2v) is 12.9. The van der Waals surface area contributed by atoms with E-state index in [9.17, 15) is 36.3 Å². The average molecular weight is 599 g/mol. The predicted molar refractivity (Wildman–Crippen MR) is 142 cm³/mol. The van der Waals surface area contributed by atoms with Crippen LogP contribution in [0.3, 0.4) is 0 Å². The first-order valence-electron chi connectivity index (χ1n) is 12.8. The van der Waals surface area contributed by atoms with E-state index in [2.05, 4.69) is 17.9 Å². The van der Waals surface area contributed by atoms with Gasteiger partial charge in [0.25, 0.3) is 5.91 Å². The fourth-order valence-electron chi connectivity index (χ4n) is 5.57. The minimum Gasteiger partial charge on any atom is -0.376 e. The van der Waals surface area contributed by atoms with E-state index < -0.39 is 39.4 Å². The minimum atomic E-state index is -4.88. The molecule has 5 rings (SSSR count). The Balaban J connectivity index is 1.47. The summed E-state index contributed by atoms with van der Waals surface area (Å²) in [6.45, 7) is 0.896. The third-order valence-corrected chi connectivity index (χ3v) is 10.7. The molecule has 0 radical (unpaired) electrons. The molecule has 2 N–H and O–H groups in total. The Labute approximate surface area is 235 Å². The van der Waals surface area contributed by atoms with E-state index in [-0.39, 0.29) is 47.4 Å². The highest BCUT2D eigenvalue weighted by Gasteiger charge is 2.57. The van der Waals surface area contributed by atoms with Crippen molar-refractivity contribution in [1.82, 2.24) is 14.5 Å². The van der Waals surface area contributed by atoms with Crippen LogP contribution in [0, 0.1) is 0 Å². The molecule has 3 aliphatic rings. The molecule has 2 aliphatic heterocycles. The standard InChI is InChI=1S/C26H29F3N4O5S2/c1-24(36,26(27,28)29)17-7-9-18(10-8-17)32-14-13-31(40(37,38)21-6-3-2-5-20(21)39)15-19(32)16-33-23(35)30-22(34)25(33)11-4-12-25/h2-3,5-10,19,36,39H,4,11-16H2,1H3,(H,30,34,35)/t19-,24+/m1/s1. The number of imide groups is 1. The van der Waals surface area contributed by atoms with E-state index in [1.54, 1.807) is 18.2 Å².